The third-order valence-corrected chi connectivity index (χ3v) is 4.93. The lowest BCUT2D eigenvalue weighted by Gasteiger charge is -2.26. The highest BCUT2D eigenvalue weighted by molar-refractivity contribution is 5.67. The van der Waals surface area contributed by atoms with E-state index in [-0.39, 0.29) is 0 Å². The number of hydrogen-bond donors (Lipinski definition) is 1. The Labute approximate surface area is 111 Å². The molecule has 1 aliphatic carbocycles. The number of likely N-dealkylation sites (tertiary alicyclic amines) is 1. The van der Waals surface area contributed by atoms with E-state index >= 15 is 0 Å². The zero-order chi connectivity index (χ0) is 13.0. The molecule has 104 valence electrons. The first-order valence-corrected chi connectivity index (χ1v) is 7.65. The summed E-state index contributed by atoms with van der Waals surface area (Å²) in [5.74, 6) is 0.703. The van der Waals surface area contributed by atoms with Crippen LogP contribution in [0.15, 0.2) is 0 Å². The van der Waals surface area contributed by atoms with Crippen molar-refractivity contribution in [2.24, 2.45) is 11.8 Å². The number of hydrogen-bond acceptors (Lipinski definition) is 2. The second kappa shape index (κ2) is 6.55. The van der Waals surface area contributed by atoms with E-state index in [1.807, 2.05) is 0 Å². The Balaban J connectivity index is 1.80. The van der Waals surface area contributed by atoms with Crippen molar-refractivity contribution in [3.05, 3.63) is 0 Å². The van der Waals surface area contributed by atoms with Crippen LogP contribution in [-0.4, -0.2) is 35.1 Å². The monoisotopic (exact) mass is 253 g/mol. The molecular formula is C15H27NO2. The van der Waals surface area contributed by atoms with Crippen LogP contribution < -0.4 is 0 Å². The highest BCUT2D eigenvalue weighted by Crippen LogP contribution is 2.31. The van der Waals surface area contributed by atoms with Crippen molar-refractivity contribution in [3.8, 4) is 0 Å². The van der Waals surface area contributed by atoms with E-state index in [4.69, 9.17) is 5.11 Å². The first kappa shape index (κ1) is 13.9. The Morgan fingerprint density at radius 3 is 2.72 bits per heavy atom. The van der Waals surface area contributed by atoms with Gasteiger partial charge in [-0.2, -0.15) is 0 Å². The molecule has 2 rings (SSSR count). The zero-order valence-electron chi connectivity index (χ0n) is 11.6. The third-order valence-electron chi connectivity index (χ3n) is 4.93. The lowest BCUT2D eigenvalue weighted by Crippen LogP contribution is -2.33. The van der Waals surface area contributed by atoms with Crippen LogP contribution in [0.5, 0.6) is 0 Å². The Morgan fingerprint density at radius 1 is 1.17 bits per heavy atom. The molecule has 3 nitrogen and oxygen atoms in total. The fourth-order valence-electron chi connectivity index (χ4n) is 3.74. The van der Waals surface area contributed by atoms with E-state index < -0.39 is 5.97 Å². The van der Waals surface area contributed by atoms with Gasteiger partial charge in [-0.25, -0.2) is 0 Å². The van der Waals surface area contributed by atoms with Gasteiger partial charge in [0.15, 0.2) is 0 Å². The number of carboxylic acid groups (broad SMARTS) is 1. The van der Waals surface area contributed by atoms with E-state index in [0.717, 1.165) is 31.5 Å². The molecule has 18 heavy (non-hydrogen) atoms. The number of carbonyl (C=O) groups is 1. The molecule has 0 aromatic carbocycles. The molecular weight excluding hydrogens is 226 g/mol. The zero-order valence-corrected chi connectivity index (χ0v) is 11.6. The van der Waals surface area contributed by atoms with Crippen LogP contribution in [0.1, 0.15) is 58.3 Å². The van der Waals surface area contributed by atoms with Crippen LogP contribution in [-0.2, 0) is 4.79 Å². The Morgan fingerprint density at radius 2 is 2.00 bits per heavy atom. The second-order valence-electron chi connectivity index (χ2n) is 6.18. The lowest BCUT2D eigenvalue weighted by molar-refractivity contribution is -0.138. The molecule has 3 unspecified atom stereocenters. The molecule has 0 radical (unpaired) electrons. The molecule has 1 saturated carbocycles. The van der Waals surface area contributed by atoms with Crippen LogP contribution in [0.4, 0.5) is 0 Å². The van der Waals surface area contributed by atoms with Gasteiger partial charge >= 0.3 is 5.97 Å². The number of aliphatic carboxylic acids is 1. The predicted molar refractivity (Wildman–Crippen MR) is 72.6 cm³/mol. The van der Waals surface area contributed by atoms with E-state index in [1.165, 1.54) is 38.5 Å². The first-order valence-electron chi connectivity index (χ1n) is 7.65. The summed E-state index contributed by atoms with van der Waals surface area (Å²) in [4.78, 5) is 13.3. The summed E-state index contributed by atoms with van der Waals surface area (Å²) in [5.41, 5.74) is 0. The van der Waals surface area contributed by atoms with Gasteiger partial charge in [-0.05, 0) is 44.1 Å². The number of carboxylic acids is 1. The van der Waals surface area contributed by atoms with Crippen LogP contribution >= 0.6 is 0 Å². The molecule has 0 aromatic rings. The van der Waals surface area contributed by atoms with Crippen molar-refractivity contribution in [2.75, 3.05) is 13.1 Å². The maximum atomic E-state index is 10.8. The average molecular weight is 253 g/mol. The van der Waals surface area contributed by atoms with Crippen molar-refractivity contribution < 1.29 is 9.90 Å². The van der Waals surface area contributed by atoms with Gasteiger partial charge in [0.2, 0.25) is 0 Å². The van der Waals surface area contributed by atoms with Gasteiger partial charge in [-0.15, -0.1) is 0 Å². The molecule has 1 heterocycles. The van der Waals surface area contributed by atoms with Gasteiger partial charge in [-0.1, -0.05) is 26.2 Å². The number of rotatable bonds is 4. The highest BCUT2D eigenvalue weighted by atomic mass is 16.4. The fraction of sp³-hybridized carbons (Fsp3) is 0.933. The topological polar surface area (TPSA) is 40.5 Å². The normalized spacial score (nSPS) is 34.4. The summed E-state index contributed by atoms with van der Waals surface area (Å²) >= 11 is 0. The smallest absolute Gasteiger partial charge is 0.303 e. The van der Waals surface area contributed by atoms with Gasteiger partial charge in [0.25, 0.3) is 0 Å². The minimum Gasteiger partial charge on any atom is -0.481 e. The quantitative estimate of drug-likeness (QED) is 0.782. The highest BCUT2D eigenvalue weighted by Gasteiger charge is 2.30. The van der Waals surface area contributed by atoms with Crippen molar-refractivity contribution in [3.63, 3.8) is 0 Å². The molecule has 3 heteroatoms. The van der Waals surface area contributed by atoms with Crippen LogP contribution in [0.2, 0.25) is 0 Å². The van der Waals surface area contributed by atoms with Gasteiger partial charge < -0.3 is 10.0 Å². The van der Waals surface area contributed by atoms with Gasteiger partial charge in [0, 0.05) is 19.0 Å². The molecule has 0 amide bonds. The summed E-state index contributed by atoms with van der Waals surface area (Å²) in [6, 6.07) is 0.736. The van der Waals surface area contributed by atoms with Crippen molar-refractivity contribution >= 4 is 5.97 Å². The Kier molecular flexibility index (Phi) is 5.04. The molecule has 3 atom stereocenters. The largest absolute Gasteiger partial charge is 0.481 e. The Bertz CT molecular complexity index is 280. The molecule has 0 bridgehead atoms. The molecule has 2 aliphatic rings. The van der Waals surface area contributed by atoms with Crippen LogP contribution in [0.3, 0.4) is 0 Å². The van der Waals surface area contributed by atoms with Crippen LogP contribution in [0, 0.1) is 11.8 Å². The first-order chi connectivity index (χ1) is 8.69. The van der Waals surface area contributed by atoms with E-state index in [0.29, 0.717) is 12.3 Å². The van der Waals surface area contributed by atoms with Crippen molar-refractivity contribution in [2.45, 2.75) is 64.3 Å². The summed E-state index contributed by atoms with van der Waals surface area (Å²) in [5, 5.41) is 8.86. The molecule has 0 aromatic heterocycles. The SMILES string of the molecule is CCC1CCCC(N2CCC(CC(=O)O)C2)CC1. The fourth-order valence-corrected chi connectivity index (χ4v) is 3.74. The van der Waals surface area contributed by atoms with E-state index in [1.54, 1.807) is 0 Å². The maximum Gasteiger partial charge on any atom is 0.303 e. The summed E-state index contributed by atoms with van der Waals surface area (Å²) in [7, 11) is 0. The third kappa shape index (κ3) is 3.71. The summed E-state index contributed by atoms with van der Waals surface area (Å²) in [6.07, 6.45) is 9.58. The Hall–Kier alpha value is -0.570. The maximum absolute atomic E-state index is 10.8. The molecule has 1 N–H and O–H groups in total. The molecule has 1 aliphatic heterocycles. The summed E-state index contributed by atoms with van der Waals surface area (Å²) < 4.78 is 0. The molecule has 2 fully saturated rings. The second-order valence-corrected chi connectivity index (χ2v) is 6.18. The minimum absolute atomic E-state index is 0.362. The standard InChI is InChI=1S/C15H27NO2/c1-2-12-4-3-5-14(7-6-12)16-9-8-13(11-16)10-15(17)18/h12-14H,2-11H2,1H3,(H,17,18). The van der Waals surface area contributed by atoms with E-state index in [9.17, 15) is 4.79 Å². The van der Waals surface area contributed by atoms with E-state index in [2.05, 4.69) is 11.8 Å². The predicted octanol–water partition coefficient (Wildman–Crippen LogP) is 3.14. The number of nitrogens with zero attached hydrogens (tertiary/aromatic N) is 1. The summed E-state index contributed by atoms with van der Waals surface area (Å²) in [6.45, 7) is 4.46. The average Bonchev–Trinajstić information content (AvgIpc) is 2.64. The van der Waals surface area contributed by atoms with Crippen molar-refractivity contribution in [1.82, 2.24) is 4.90 Å². The molecule has 0 spiro atoms. The van der Waals surface area contributed by atoms with Gasteiger partial charge in [0.05, 0.1) is 0 Å². The minimum atomic E-state index is -0.631. The van der Waals surface area contributed by atoms with Crippen molar-refractivity contribution in [1.29, 1.82) is 0 Å². The van der Waals surface area contributed by atoms with Gasteiger partial charge in [0.1, 0.15) is 0 Å². The lowest BCUT2D eigenvalue weighted by atomic mass is 9.97. The van der Waals surface area contributed by atoms with Crippen LogP contribution in [0.25, 0.3) is 0 Å². The van der Waals surface area contributed by atoms with Gasteiger partial charge in [-0.3, -0.25) is 4.79 Å². The molecule has 1 saturated heterocycles.